The van der Waals surface area contributed by atoms with E-state index in [4.69, 9.17) is 4.74 Å². The molecule has 0 bridgehead atoms. The van der Waals surface area contributed by atoms with Gasteiger partial charge < -0.3 is 9.64 Å². The fourth-order valence-electron chi connectivity index (χ4n) is 2.19. The Morgan fingerprint density at radius 1 is 1.35 bits per heavy atom. The molecule has 0 radical (unpaired) electrons. The number of ether oxygens (including phenoxy) is 1. The third kappa shape index (κ3) is 5.06. The molecule has 122 valence electrons. The molecule has 23 heavy (non-hydrogen) atoms. The van der Waals surface area contributed by atoms with Crippen LogP contribution in [-0.4, -0.2) is 35.5 Å². The van der Waals surface area contributed by atoms with Crippen molar-refractivity contribution in [2.75, 3.05) is 13.6 Å². The smallest absolute Gasteiger partial charge is 0.263 e. The quantitative estimate of drug-likeness (QED) is 0.772. The topological polar surface area (TPSA) is 42.4 Å². The third-order valence-corrected chi connectivity index (χ3v) is 4.16. The highest BCUT2D eigenvalue weighted by Crippen LogP contribution is 2.26. The average Bonchev–Trinajstić information content (AvgIpc) is 2.55. The number of benzene rings is 1. The van der Waals surface area contributed by atoms with E-state index in [2.05, 4.69) is 20.9 Å². The largest absolute Gasteiger partial charge is 0.480 e. The zero-order chi connectivity index (χ0) is 16.8. The Morgan fingerprint density at radius 2 is 2.13 bits per heavy atom. The van der Waals surface area contributed by atoms with Crippen molar-refractivity contribution in [1.82, 2.24) is 9.88 Å². The highest BCUT2D eigenvalue weighted by molar-refractivity contribution is 9.10. The molecule has 0 saturated heterocycles. The standard InChI is InChI=1S/C18H21BrN2O2/c1-13-7-8-17(16(19)12-13)23-14(2)18(22)21(3)11-9-15-6-4-5-10-20-15/h4-8,10,12,14H,9,11H2,1-3H3. The number of rotatable bonds is 6. The van der Waals surface area contributed by atoms with Gasteiger partial charge in [0.1, 0.15) is 5.75 Å². The van der Waals surface area contributed by atoms with Crippen LogP contribution in [0.5, 0.6) is 5.75 Å². The van der Waals surface area contributed by atoms with Crippen LogP contribution in [0.15, 0.2) is 47.1 Å². The Kier molecular flexibility index (Phi) is 6.16. The molecule has 0 aliphatic heterocycles. The molecule has 4 nitrogen and oxygen atoms in total. The minimum Gasteiger partial charge on any atom is -0.480 e. The molecule has 0 fully saturated rings. The van der Waals surface area contributed by atoms with Gasteiger partial charge in [-0.1, -0.05) is 12.1 Å². The molecule has 0 saturated carbocycles. The zero-order valence-electron chi connectivity index (χ0n) is 13.6. The molecule has 1 aromatic heterocycles. The number of carbonyl (C=O) groups excluding carboxylic acids is 1. The number of hydrogen-bond donors (Lipinski definition) is 0. The molecule has 0 spiro atoms. The summed E-state index contributed by atoms with van der Waals surface area (Å²) in [5, 5.41) is 0. The summed E-state index contributed by atoms with van der Waals surface area (Å²) in [6, 6.07) is 11.6. The monoisotopic (exact) mass is 376 g/mol. The van der Waals surface area contributed by atoms with Crippen molar-refractivity contribution < 1.29 is 9.53 Å². The molecular formula is C18H21BrN2O2. The first kappa shape index (κ1) is 17.5. The fraction of sp³-hybridized carbons (Fsp3) is 0.333. The van der Waals surface area contributed by atoms with Crippen molar-refractivity contribution >= 4 is 21.8 Å². The van der Waals surface area contributed by atoms with Gasteiger partial charge in [-0.05, 0) is 59.6 Å². The van der Waals surface area contributed by atoms with Gasteiger partial charge in [0.05, 0.1) is 4.47 Å². The predicted octanol–water partition coefficient (Wildman–Crippen LogP) is 3.62. The van der Waals surface area contributed by atoms with Gasteiger partial charge in [0, 0.05) is 31.9 Å². The highest BCUT2D eigenvalue weighted by Gasteiger charge is 2.20. The number of amides is 1. The number of likely N-dealkylation sites (N-methyl/N-ethyl adjacent to an activating group) is 1. The van der Waals surface area contributed by atoms with Gasteiger partial charge in [-0.3, -0.25) is 9.78 Å². The zero-order valence-corrected chi connectivity index (χ0v) is 15.2. The number of nitrogens with zero attached hydrogens (tertiary/aromatic N) is 2. The molecule has 2 aromatic rings. The van der Waals surface area contributed by atoms with Crippen molar-refractivity contribution in [2.24, 2.45) is 0 Å². The Morgan fingerprint density at radius 3 is 2.78 bits per heavy atom. The van der Waals surface area contributed by atoms with E-state index in [0.717, 1.165) is 22.2 Å². The van der Waals surface area contributed by atoms with E-state index >= 15 is 0 Å². The van der Waals surface area contributed by atoms with Crippen molar-refractivity contribution in [2.45, 2.75) is 26.4 Å². The molecule has 1 amide bonds. The van der Waals surface area contributed by atoms with Crippen LogP contribution in [0.25, 0.3) is 0 Å². The number of carbonyl (C=O) groups is 1. The van der Waals surface area contributed by atoms with Crippen LogP contribution in [0.3, 0.4) is 0 Å². The summed E-state index contributed by atoms with van der Waals surface area (Å²) in [7, 11) is 1.79. The van der Waals surface area contributed by atoms with Gasteiger partial charge in [0.25, 0.3) is 5.91 Å². The van der Waals surface area contributed by atoms with Crippen molar-refractivity contribution in [3.05, 3.63) is 58.3 Å². The lowest BCUT2D eigenvalue weighted by Gasteiger charge is -2.22. The van der Waals surface area contributed by atoms with Crippen LogP contribution < -0.4 is 4.74 Å². The molecule has 1 aromatic carbocycles. The van der Waals surface area contributed by atoms with E-state index in [9.17, 15) is 4.79 Å². The van der Waals surface area contributed by atoms with Crippen LogP contribution >= 0.6 is 15.9 Å². The second-order valence-corrected chi connectivity index (χ2v) is 6.38. The Bertz CT molecular complexity index is 661. The van der Waals surface area contributed by atoms with Crippen LogP contribution in [0.4, 0.5) is 0 Å². The minimum absolute atomic E-state index is 0.0478. The van der Waals surface area contributed by atoms with Crippen molar-refractivity contribution in [3.8, 4) is 5.75 Å². The number of aromatic nitrogens is 1. The summed E-state index contributed by atoms with van der Waals surface area (Å²) in [5.41, 5.74) is 2.11. The molecule has 0 N–H and O–H groups in total. The van der Waals surface area contributed by atoms with Crippen LogP contribution in [0.2, 0.25) is 0 Å². The van der Waals surface area contributed by atoms with E-state index in [1.807, 2.05) is 43.3 Å². The van der Waals surface area contributed by atoms with E-state index < -0.39 is 6.10 Å². The first-order valence-corrected chi connectivity index (χ1v) is 8.34. The third-order valence-electron chi connectivity index (χ3n) is 3.54. The lowest BCUT2D eigenvalue weighted by Crippen LogP contribution is -2.39. The fourth-order valence-corrected chi connectivity index (χ4v) is 2.78. The summed E-state index contributed by atoms with van der Waals surface area (Å²) in [5.74, 6) is 0.628. The van der Waals surface area contributed by atoms with Crippen molar-refractivity contribution in [1.29, 1.82) is 0 Å². The second kappa shape index (κ2) is 8.11. The number of halogens is 1. The van der Waals surface area contributed by atoms with Gasteiger partial charge in [-0.25, -0.2) is 0 Å². The molecule has 2 rings (SSSR count). The maximum atomic E-state index is 12.4. The maximum Gasteiger partial charge on any atom is 0.263 e. The van der Waals surface area contributed by atoms with E-state index in [-0.39, 0.29) is 5.91 Å². The van der Waals surface area contributed by atoms with Gasteiger partial charge in [0.2, 0.25) is 0 Å². The summed E-state index contributed by atoms with van der Waals surface area (Å²) in [6.07, 6.45) is 1.95. The average molecular weight is 377 g/mol. The summed E-state index contributed by atoms with van der Waals surface area (Å²) in [6.45, 7) is 4.39. The molecule has 1 atom stereocenters. The lowest BCUT2D eigenvalue weighted by molar-refractivity contribution is -0.136. The summed E-state index contributed by atoms with van der Waals surface area (Å²) < 4.78 is 6.64. The van der Waals surface area contributed by atoms with Crippen molar-refractivity contribution in [3.63, 3.8) is 0 Å². The number of hydrogen-bond acceptors (Lipinski definition) is 3. The second-order valence-electron chi connectivity index (χ2n) is 5.52. The first-order valence-electron chi connectivity index (χ1n) is 7.55. The van der Waals surface area contributed by atoms with E-state index in [0.29, 0.717) is 12.3 Å². The van der Waals surface area contributed by atoms with Crippen LogP contribution in [-0.2, 0) is 11.2 Å². The van der Waals surface area contributed by atoms with Crippen LogP contribution in [0.1, 0.15) is 18.2 Å². The van der Waals surface area contributed by atoms with Gasteiger partial charge >= 0.3 is 0 Å². The maximum absolute atomic E-state index is 12.4. The molecular weight excluding hydrogens is 356 g/mol. The van der Waals surface area contributed by atoms with Gasteiger partial charge in [-0.2, -0.15) is 0 Å². The van der Waals surface area contributed by atoms with Gasteiger partial charge in [-0.15, -0.1) is 0 Å². The normalized spacial score (nSPS) is 11.8. The predicted molar refractivity (Wildman–Crippen MR) is 94.5 cm³/mol. The Balaban J connectivity index is 1.90. The Hall–Kier alpha value is -1.88. The number of pyridine rings is 1. The summed E-state index contributed by atoms with van der Waals surface area (Å²) in [4.78, 5) is 18.4. The van der Waals surface area contributed by atoms with Crippen LogP contribution in [0, 0.1) is 6.92 Å². The molecule has 0 aliphatic rings. The molecule has 1 heterocycles. The molecule has 5 heteroatoms. The first-order chi connectivity index (χ1) is 11.0. The highest BCUT2D eigenvalue weighted by atomic mass is 79.9. The minimum atomic E-state index is -0.539. The lowest BCUT2D eigenvalue weighted by atomic mass is 10.2. The number of aryl methyl sites for hydroxylation is 1. The van der Waals surface area contributed by atoms with Gasteiger partial charge in [0.15, 0.2) is 6.10 Å². The Labute approximate surface area is 145 Å². The van der Waals surface area contributed by atoms with E-state index in [1.165, 1.54) is 0 Å². The molecule has 0 aliphatic carbocycles. The summed E-state index contributed by atoms with van der Waals surface area (Å²) >= 11 is 3.46. The van der Waals surface area contributed by atoms with E-state index in [1.54, 1.807) is 25.1 Å². The molecule has 1 unspecified atom stereocenters. The SMILES string of the molecule is Cc1ccc(OC(C)C(=O)N(C)CCc2ccccn2)c(Br)c1.